The fourth-order valence-corrected chi connectivity index (χ4v) is 0.608. The highest BCUT2D eigenvalue weighted by Gasteiger charge is 1.97. The van der Waals surface area contributed by atoms with E-state index in [0.29, 0.717) is 0 Å². The van der Waals surface area contributed by atoms with Gasteiger partial charge in [0, 0.05) is 12.5 Å². The first-order valence-corrected chi connectivity index (χ1v) is 3.04. The van der Waals surface area contributed by atoms with E-state index in [1.165, 1.54) is 12.5 Å². The maximum absolute atomic E-state index is 10.2. The monoisotopic (exact) mass is 148 g/mol. The van der Waals surface area contributed by atoms with E-state index >= 15 is 0 Å². The van der Waals surface area contributed by atoms with Crippen molar-refractivity contribution in [3.05, 3.63) is 11.6 Å². The summed E-state index contributed by atoms with van der Waals surface area (Å²) in [7, 11) is 0. The van der Waals surface area contributed by atoms with Gasteiger partial charge in [-0.1, -0.05) is 11.6 Å². The molecule has 0 N–H and O–H groups in total. The van der Waals surface area contributed by atoms with Crippen LogP contribution in [-0.4, -0.2) is 12.1 Å². The number of esters is 1. The summed E-state index contributed by atoms with van der Waals surface area (Å²) in [4.78, 5) is 10.2. The van der Waals surface area contributed by atoms with Gasteiger partial charge in [0.15, 0.2) is 0 Å². The third-order valence-electron chi connectivity index (χ3n) is 0.696. The van der Waals surface area contributed by atoms with E-state index in [0.717, 1.165) is 0 Å². The highest BCUT2D eigenvalue weighted by atomic mass is 35.5. The third kappa shape index (κ3) is 5.37. The molecule has 9 heavy (non-hydrogen) atoms. The van der Waals surface area contributed by atoms with Gasteiger partial charge in [0.25, 0.3) is 0 Å². The van der Waals surface area contributed by atoms with Gasteiger partial charge in [-0.3, -0.25) is 4.79 Å². The zero-order chi connectivity index (χ0) is 7.28. The van der Waals surface area contributed by atoms with E-state index in [1.807, 2.05) is 0 Å². The molecule has 0 rings (SSSR count). The van der Waals surface area contributed by atoms with Crippen molar-refractivity contribution in [3.8, 4) is 0 Å². The molecule has 0 aromatic heterocycles. The van der Waals surface area contributed by atoms with Gasteiger partial charge in [0.05, 0.1) is 0 Å². The second kappa shape index (κ2) is 4.39. The Kier molecular flexibility index (Phi) is 4.14. The Bertz CT molecular complexity index is 120. The maximum atomic E-state index is 10.2. The van der Waals surface area contributed by atoms with Gasteiger partial charge in [-0.2, -0.15) is 0 Å². The standard InChI is InChI=1S/C6H9ClO2/c1-5(3-4-7)9-6(2)8/h3-5H,1-2H3. The van der Waals surface area contributed by atoms with Crippen molar-refractivity contribution in [1.29, 1.82) is 0 Å². The third-order valence-corrected chi connectivity index (χ3v) is 0.841. The second-order valence-corrected chi connectivity index (χ2v) is 1.88. The molecule has 0 bridgehead atoms. The van der Waals surface area contributed by atoms with Crippen molar-refractivity contribution in [2.45, 2.75) is 20.0 Å². The van der Waals surface area contributed by atoms with E-state index in [-0.39, 0.29) is 12.1 Å². The molecule has 0 aliphatic rings. The first-order valence-electron chi connectivity index (χ1n) is 2.61. The highest BCUT2D eigenvalue weighted by molar-refractivity contribution is 6.25. The lowest BCUT2D eigenvalue weighted by Gasteiger charge is -2.03. The first-order chi connectivity index (χ1) is 4.16. The average Bonchev–Trinajstić information content (AvgIpc) is 1.63. The lowest BCUT2D eigenvalue weighted by molar-refractivity contribution is -0.143. The quantitative estimate of drug-likeness (QED) is 0.557. The summed E-state index contributed by atoms with van der Waals surface area (Å²) in [6.45, 7) is 3.10. The van der Waals surface area contributed by atoms with Crippen molar-refractivity contribution >= 4 is 17.6 Å². The van der Waals surface area contributed by atoms with Crippen LogP contribution < -0.4 is 0 Å². The molecule has 0 saturated carbocycles. The Morgan fingerprint density at radius 1 is 1.78 bits per heavy atom. The SMILES string of the molecule is CC(=O)OC(C)C=CCl. The van der Waals surface area contributed by atoms with E-state index < -0.39 is 0 Å². The molecular formula is C6H9ClO2. The molecular weight excluding hydrogens is 140 g/mol. The van der Waals surface area contributed by atoms with Crippen LogP contribution in [0.1, 0.15) is 13.8 Å². The van der Waals surface area contributed by atoms with E-state index in [4.69, 9.17) is 11.6 Å². The number of carbonyl (C=O) groups is 1. The van der Waals surface area contributed by atoms with Gasteiger partial charge in [0.1, 0.15) is 6.10 Å². The zero-order valence-corrected chi connectivity index (χ0v) is 6.18. The molecule has 52 valence electrons. The normalized spacial score (nSPS) is 13.7. The van der Waals surface area contributed by atoms with Gasteiger partial charge in [-0.25, -0.2) is 0 Å². The molecule has 0 aromatic rings. The fourth-order valence-electron chi connectivity index (χ4n) is 0.404. The number of carbonyl (C=O) groups excluding carboxylic acids is 1. The topological polar surface area (TPSA) is 26.3 Å². The first kappa shape index (κ1) is 8.50. The zero-order valence-electron chi connectivity index (χ0n) is 5.43. The summed E-state index contributed by atoms with van der Waals surface area (Å²) in [5.74, 6) is -0.294. The van der Waals surface area contributed by atoms with Gasteiger partial charge in [-0.15, -0.1) is 0 Å². The largest absolute Gasteiger partial charge is 0.459 e. The van der Waals surface area contributed by atoms with Crippen LogP contribution in [0.25, 0.3) is 0 Å². The Balaban J connectivity index is 3.50. The summed E-state index contributed by atoms with van der Waals surface area (Å²) in [6, 6.07) is 0. The van der Waals surface area contributed by atoms with Crippen LogP contribution in [0.2, 0.25) is 0 Å². The lowest BCUT2D eigenvalue weighted by atomic mass is 10.4. The molecule has 1 atom stereocenters. The predicted octanol–water partition coefficient (Wildman–Crippen LogP) is 1.69. The summed E-state index contributed by atoms with van der Waals surface area (Å²) in [5, 5.41) is 0. The van der Waals surface area contributed by atoms with Crippen LogP contribution in [0, 0.1) is 0 Å². The lowest BCUT2D eigenvalue weighted by Crippen LogP contribution is -2.08. The average molecular weight is 149 g/mol. The Morgan fingerprint density at radius 3 is 2.67 bits per heavy atom. The van der Waals surface area contributed by atoms with Crippen LogP contribution in [0.3, 0.4) is 0 Å². The van der Waals surface area contributed by atoms with Crippen molar-refractivity contribution in [2.75, 3.05) is 0 Å². The minimum Gasteiger partial charge on any atom is -0.459 e. The molecule has 0 amide bonds. The minimum atomic E-state index is -0.294. The predicted molar refractivity (Wildman–Crippen MR) is 36.2 cm³/mol. The van der Waals surface area contributed by atoms with Gasteiger partial charge < -0.3 is 4.74 Å². The number of rotatable bonds is 2. The number of ether oxygens (including phenoxy) is 1. The fraction of sp³-hybridized carbons (Fsp3) is 0.500. The van der Waals surface area contributed by atoms with Crippen LogP contribution in [0.15, 0.2) is 11.6 Å². The van der Waals surface area contributed by atoms with Crippen LogP contribution in [0.4, 0.5) is 0 Å². The Morgan fingerprint density at radius 2 is 2.33 bits per heavy atom. The molecule has 0 spiro atoms. The van der Waals surface area contributed by atoms with Crippen molar-refractivity contribution < 1.29 is 9.53 Å². The summed E-state index contributed by atoms with van der Waals surface area (Å²) >= 11 is 5.21. The highest BCUT2D eigenvalue weighted by Crippen LogP contribution is 1.93. The van der Waals surface area contributed by atoms with E-state index in [9.17, 15) is 4.79 Å². The second-order valence-electron chi connectivity index (χ2n) is 1.63. The number of halogens is 1. The summed E-state index contributed by atoms with van der Waals surface area (Å²) < 4.78 is 4.68. The minimum absolute atomic E-state index is 0.222. The molecule has 2 nitrogen and oxygen atoms in total. The van der Waals surface area contributed by atoms with E-state index in [2.05, 4.69) is 4.74 Å². The molecule has 0 aliphatic carbocycles. The van der Waals surface area contributed by atoms with Crippen LogP contribution in [-0.2, 0) is 9.53 Å². The smallest absolute Gasteiger partial charge is 0.303 e. The summed E-state index contributed by atoms with van der Waals surface area (Å²) in [6.07, 6.45) is 1.36. The Hall–Kier alpha value is -0.500. The molecule has 0 radical (unpaired) electrons. The molecule has 0 fully saturated rings. The number of hydrogen-bond donors (Lipinski definition) is 0. The van der Waals surface area contributed by atoms with Gasteiger partial charge in [0.2, 0.25) is 0 Å². The van der Waals surface area contributed by atoms with Gasteiger partial charge in [-0.05, 0) is 13.0 Å². The number of hydrogen-bond acceptors (Lipinski definition) is 2. The van der Waals surface area contributed by atoms with E-state index in [1.54, 1.807) is 13.0 Å². The Labute approximate surface area is 59.5 Å². The summed E-state index contributed by atoms with van der Waals surface area (Å²) in [5.41, 5.74) is 1.33. The molecule has 0 heterocycles. The molecule has 3 heteroatoms. The molecule has 1 unspecified atom stereocenters. The molecule has 0 aromatic carbocycles. The van der Waals surface area contributed by atoms with Crippen LogP contribution in [0.5, 0.6) is 0 Å². The molecule has 0 aliphatic heterocycles. The van der Waals surface area contributed by atoms with Crippen molar-refractivity contribution in [3.63, 3.8) is 0 Å². The maximum Gasteiger partial charge on any atom is 0.303 e. The van der Waals surface area contributed by atoms with Crippen molar-refractivity contribution in [1.82, 2.24) is 0 Å². The van der Waals surface area contributed by atoms with Gasteiger partial charge >= 0.3 is 5.97 Å². The molecule has 0 saturated heterocycles. The van der Waals surface area contributed by atoms with Crippen LogP contribution >= 0.6 is 11.6 Å². The van der Waals surface area contributed by atoms with Crippen molar-refractivity contribution in [2.24, 2.45) is 0 Å².